The number of aliphatic carboxylic acids is 2. The Labute approximate surface area is 105 Å². The van der Waals surface area contributed by atoms with Crippen molar-refractivity contribution in [2.75, 3.05) is 0 Å². The molecule has 0 rings (SSSR count). The number of carbonyl (C=O) groups is 2. The molecule has 0 atom stereocenters. The van der Waals surface area contributed by atoms with Gasteiger partial charge in [-0.2, -0.15) is 0 Å². The standard InChI is InChI=1S/2C3H4O2.Ca.2H2O/c2*1-2-3(4)5;;;/h2*2H,1H2,(H,4,5);;2*1H2/q;;+2;;/p-2. The molecule has 6 nitrogen and oxygen atoms in total. The first kappa shape index (κ1) is 29.4. The fourth-order valence-corrected chi connectivity index (χ4v) is 0. The normalized spacial score (nSPS) is 4.92. The third-order valence-corrected chi connectivity index (χ3v) is 0.333. The smallest absolute Gasteiger partial charge is 0.545 e. The number of carboxylic acid groups (broad SMARTS) is 2. The number of rotatable bonds is 2. The Hall–Kier alpha value is -0.400. The first-order valence-corrected chi connectivity index (χ1v) is 2.21. The molecule has 72 valence electrons. The predicted molar refractivity (Wildman–Crippen MR) is 43.4 cm³/mol. The largest absolute Gasteiger partial charge is 2.00 e. The van der Waals surface area contributed by atoms with Crippen LogP contribution in [0.25, 0.3) is 0 Å². The molecule has 0 spiro atoms. The summed E-state index contributed by atoms with van der Waals surface area (Å²) < 4.78 is 0. The van der Waals surface area contributed by atoms with Crippen LogP contribution < -0.4 is 10.2 Å². The minimum atomic E-state index is -1.23. The minimum Gasteiger partial charge on any atom is -0.545 e. The molecule has 0 amide bonds. The molecule has 4 N–H and O–H groups in total. The van der Waals surface area contributed by atoms with E-state index in [2.05, 4.69) is 13.2 Å². The molecule has 0 aliphatic rings. The van der Waals surface area contributed by atoms with Gasteiger partial charge in [0, 0.05) is 0 Å². The van der Waals surface area contributed by atoms with Crippen molar-refractivity contribution in [3.63, 3.8) is 0 Å². The van der Waals surface area contributed by atoms with Crippen LogP contribution in [0.3, 0.4) is 0 Å². The van der Waals surface area contributed by atoms with Gasteiger partial charge in [-0.1, -0.05) is 13.2 Å². The molecule has 0 heterocycles. The molecular weight excluding hydrogens is 208 g/mol. The van der Waals surface area contributed by atoms with Gasteiger partial charge in [0.2, 0.25) is 0 Å². The van der Waals surface area contributed by atoms with Crippen molar-refractivity contribution < 1.29 is 30.8 Å². The van der Waals surface area contributed by atoms with Gasteiger partial charge < -0.3 is 30.8 Å². The second kappa shape index (κ2) is 22.6. The molecule has 0 aliphatic carbocycles. The maximum Gasteiger partial charge on any atom is 2.00 e. The first-order chi connectivity index (χ1) is 4.54. The Morgan fingerprint density at radius 1 is 0.923 bits per heavy atom. The van der Waals surface area contributed by atoms with Crippen LogP contribution in [0, 0.1) is 0 Å². The van der Waals surface area contributed by atoms with E-state index >= 15 is 0 Å². The zero-order valence-corrected chi connectivity index (χ0v) is 9.12. The molecule has 0 aromatic carbocycles. The Morgan fingerprint density at radius 2 is 1.00 bits per heavy atom. The summed E-state index contributed by atoms with van der Waals surface area (Å²) in [6.07, 6.45) is 1.44. The van der Waals surface area contributed by atoms with Crippen molar-refractivity contribution in [1.29, 1.82) is 0 Å². The van der Waals surface area contributed by atoms with Gasteiger partial charge in [-0.15, -0.1) is 0 Å². The Bertz CT molecular complexity index is 137. The monoisotopic (exact) mass is 218 g/mol. The van der Waals surface area contributed by atoms with E-state index in [1.807, 2.05) is 0 Å². The molecule has 13 heavy (non-hydrogen) atoms. The van der Waals surface area contributed by atoms with Gasteiger partial charge in [-0.05, 0) is 12.2 Å². The molecule has 0 saturated carbocycles. The zero-order valence-electron chi connectivity index (χ0n) is 6.91. The molecule has 0 aromatic rings. The van der Waals surface area contributed by atoms with E-state index in [9.17, 15) is 0 Å². The van der Waals surface area contributed by atoms with E-state index in [0.29, 0.717) is 0 Å². The SMILES string of the molecule is C=CC(=O)[O-].C=CC(=O)[O-].O.O.[Ca+2]. The van der Waals surface area contributed by atoms with E-state index in [-0.39, 0.29) is 48.7 Å². The number of hydrogen-bond acceptors (Lipinski definition) is 4. The Balaban J connectivity index is -0.0000000267. The summed E-state index contributed by atoms with van der Waals surface area (Å²) in [6.45, 7) is 5.80. The molecule has 7 heteroatoms. The van der Waals surface area contributed by atoms with Crippen molar-refractivity contribution in [2.45, 2.75) is 0 Å². The average molecular weight is 218 g/mol. The van der Waals surface area contributed by atoms with Crippen molar-refractivity contribution in [1.82, 2.24) is 0 Å². The fourth-order valence-electron chi connectivity index (χ4n) is 0. The minimum absolute atomic E-state index is 0. The van der Waals surface area contributed by atoms with Crippen LogP contribution in [0.2, 0.25) is 0 Å². The molecule has 0 radical (unpaired) electrons. The van der Waals surface area contributed by atoms with Gasteiger partial charge in [0.25, 0.3) is 0 Å². The van der Waals surface area contributed by atoms with Crippen LogP contribution in [-0.2, 0) is 9.59 Å². The Morgan fingerprint density at radius 3 is 1.00 bits per heavy atom. The van der Waals surface area contributed by atoms with Gasteiger partial charge in [-0.25, -0.2) is 0 Å². The maximum atomic E-state index is 9.14. The number of carbonyl (C=O) groups excluding carboxylic acids is 2. The van der Waals surface area contributed by atoms with Crippen LogP contribution in [-0.4, -0.2) is 60.6 Å². The molecule has 0 fully saturated rings. The summed E-state index contributed by atoms with van der Waals surface area (Å²) in [6, 6.07) is 0. The van der Waals surface area contributed by atoms with Crippen molar-refractivity contribution in [3.8, 4) is 0 Å². The fraction of sp³-hybridized carbons (Fsp3) is 0. The van der Waals surface area contributed by atoms with Crippen molar-refractivity contribution in [2.24, 2.45) is 0 Å². The third kappa shape index (κ3) is 82.5. The second-order valence-electron chi connectivity index (χ2n) is 1.05. The van der Waals surface area contributed by atoms with Crippen LogP contribution in [0.4, 0.5) is 0 Å². The van der Waals surface area contributed by atoms with Gasteiger partial charge >= 0.3 is 37.7 Å². The molecule has 0 bridgehead atoms. The molecule has 0 unspecified atom stereocenters. The van der Waals surface area contributed by atoms with Gasteiger partial charge in [-0.3, -0.25) is 0 Å². The van der Waals surface area contributed by atoms with Crippen molar-refractivity contribution >= 4 is 49.7 Å². The molecule has 0 aliphatic heterocycles. The second-order valence-corrected chi connectivity index (χ2v) is 1.05. The summed E-state index contributed by atoms with van der Waals surface area (Å²) in [7, 11) is 0. The van der Waals surface area contributed by atoms with E-state index < -0.39 is 11.9 Å². The topological polar surface area (TPSA) is 143 Å². The summed E-state index contributed by atoms with van der Waals surface area (Å²) in [5.41, 5.74) is 0. The van der Waals surface area contributed by atoms with E-state index in [0.717, 1.165) is 12.2 Å². The Kier molecular flexibility index (Phi) is 51.0. The van der Waals surface area contributed by atoms with E-state index in [1.54, 1.807) is 0 Å². The molecule has 0 aromatic heterocycles. The zero-order chi connectivity index (χ0) is 8.57. The van der Waals surface area contributed by atoms with Crippen LogP contribution in [0.15, 0.2) is 25.3 Å². The predicted octanol–water partition coefficient (Wildman–Crippen LogP) is -4.19. The van der Waals surface area contributed by atoms with Gasteiger partial charge in [0.1, 0.15) is 0 Å². The number of hydrogen-bond donors (Lipinski definition) is 0. The average Bonchev–Trinajstić information content (AvgIpc) is 1.89. The number of carboxylic acids is 2. The summed E-state index contributed by atoms with van der Waals surface area (Å²) in [5, 5.41) is 18.3. The summed E-state index contributed by atoms with van der Waals surface area (Å²) in [5.74, 6) is -2.46. The van der Waals surface area contributed by atoms with Gasteiger partial charge in [0.15, 0.2) is 0 Å². The van der Waals surface area contributed by atoms with Crippen molar-refractivity contribution in [3.05, 3.63) is 25.3 Å². The molecule has 0 saturated heterocycles. The first-order valence-electron chi connectivity index (χ1n) is 2.21. The van der Waals surface area contributed by atoms with Crippen LogP contribution in [0.1, 0.15) is 0 Å². The van der Waals surface area contributed by atoms with E-state index in [4.69, 9.17) is 19.8 Å². The summed E-state index contributed by atoms with van der Waals surface area (Å²) in [4.78, 5) is 18.3. The summed E-state index contributed by atoms with van der Waals surface area (Å²) >= 11 is 0. The van der Waals surface area contributed by atoms with Gasteiger partial charge in [0.05, 0.1) is 11.9 Å². The van der Waals surface area contributed by atoms with Crippen LogP contribution in [0.5, 0.6) is 0 Å². The van der Waals surface area contributed by atoms with Crippen LogP contribution >= 0.6 is 0 Å². The molecular formula is C6H10CaO6. The maximum absolute atomic E-state index is 9.14. The third-order valence-electron chi connectivity index (χ3n) is 0.333. The van der Waals surface area contributed by atoms with E-state index in [1.165, 1.54) is 0 Å². The quantitative estimate of drug-likeness (QED) is 0.342.